The fraction of sp³-hybridized carbons (Fsp3) is 0.381. The minimum atomic E-state index is 0.153. The number of rotatable bonds is 5. The van der Waals surface area contributed by atoms with Gasteiger partial charge in [-0.15, -0.1) is 0 Å². The molecule has 1 saturated heterocycles. The standard InChI is InChI=1S/C21H24ClN5O3/c1-11-15(29-3)8-16(30-4)19(22)18(11)20-25-14-9-24-17(23)7-13(14)21(26-20)27-6-5-12(10-27)28-2/h7-9,12H,5-6,10H2,1-4H3,(H2,23,24). The molecular weight excluding hydrogens is 406 g/mol. The molecule has 158 valence electrons. The minimum Gasteiger partial charge on any atom is -0.496 e. The number of nitrogen functional groups attached to an aromatic ring is 1. The lowest BCUT2D eigenvalue weighted by Gasteiger charge is -2.21. The summed E-state index contributed by atoms with van der Waals surface area (Å²) in [6.45, 7) is 3.48. The van der Waals surface area contributed by atoms with Crippen molar-refractivity contribution in [2.24, 2.45) is 0 Å². The number of methoxy groups -OCH3 is 3. The highest BCUT2D eigenvalue weighted by Crippen LogP contribution is 2.42. The van der Waals surface area contributed by atoms with Crippen LogP contribution in [0.4, 0.5) is 11.6 Å². The zero-order valence-corrected chi connectivity index (χ0v) is 18.2. The SMILES string of the molecule is COc1cc(OC)c(Cl)c(-c2nc(N3CCC(OC)C3)c3cc(N)ncc3n2)c1C. The van der Waals surface area contributed by atoms with E-state index in [0.29, 0.717) is 39.2 Å². The van der Waals surface area contributed by atoms with Crippen LogP contribution in [0.5, 0.6) is 11.5 Å². The average molecular weight is 430 g/mol. The van der Waals surface area contributed by atoms with Crippen molar-refractivity contribution in [2.75, 3.05) is 45.1 Å². The fourth-order valence-corrected chi connectivity index (χ4v) is 4.18. The van der Waals surface area contributed by atoms with Crippen LogP contribution >= 0.6 is 11.6 Å². The first-order valence-electron chi connectivity index (χ1n) is 9.59. The summed E-state index contributed by atoms with van der Waals surface area (Å²) in [6, 6.07) is 3.56. The molecule has 1 aromatic carbocycles. The third-order valence-corrected chi connectivity index (χ3v) is 5.84. The second-order valence-electron chi connectivity index (χ2n) is 7.18. The second-order valence-corrected chi connectivity index (χ2v) is 7.56. The Morgan fingerprint density at radius 3 is 2.57 bits per heavy atom. The topological polar surface area (TPSA) is 95.6 Å². The molecule has 2 N–H and O–H groups in total. The first-order chi connectivity index (χ1) is 14.5. The molecule has 30 heavy (non-hydrogen) atoms. The Hall–Kier alpha value is -2.84. The van der Waals surface area contributed by atoms with Crippen molar-refractivity contribution in [2.45, 2.75) is 19.4 Å². The number of benzene rings is 1. The summed E-state index contributed by atoms with van der Waals surface area (Å²) in [4.78, 5) is 16.1. The Bertz CT molecular complexity index is 1080. The molecule has 1 atom stereocenters. The molecule has 0 saturated carbocycles. The first kappa shape index (κ1) is 20.4. The van der Waals surface area contributed by atoms with Crippen LogP contribution in [0.3, 0.4) is 0 Å². The third-order valence-electron chi connectivity index (χ3n) is 5.47. The van der Waals surface area contributed by atoms with E-state index in [1.165, 1.54) is 0 Å². The van der Waals surface area contributed by atoms with Crippen molar-refractivity contribution >= 4 is 34.1 Å². The largest absolute Gasteiger partial charge is 0.496 e. The van der Waals surface area contributed by atoms with Gasteiger partial charge < -0.3 is 24.8 Å². The summed E-state index contributed by atoms with van der Waals surface area (Å²) >= 11 is 6.68. The molecule has 1 unspecified atom stereocenters. The van der Waals surface area contributed by atoms with Crippen LogP contribution in [0.15, 0.2) is 18.3 Å². The van der Waals surface area contributed by atoms with Gasteiger partial charge in [-0.2, -0.15) is 0 Å². The molecular formula is C21H24ClN5O3. The van der Waals surface area contributed by atoms with Gasteiger partial charge in [0, 0.05) is 42.8 Å². The number of hydrogen-bond donors (Lipinski definition) is 1. The van der Waals surface area contributed by atoms with Gasteiger partial charge in [-0.1, -0.05) is 11.6 Å². The molecule has 1 aliphatic rings. The van der Waals surface area contributed by atoms with E-state index in [4.69, 9.17) is 41.5 Å². The number of nitrogens with two attached hydrogens (primary N) is 1. The Kier molecular flexibility index (Phi) is 5.53. The highest BCUT2D eigenvalue weighted by molar-refractivity contribution is 6.35. The molecule has 0 amide bonds. The highest BCUT2D eigenvalue weighted by Gasteiger charge is 2.27. The van der Waals surface area contributed by atoms with Gasteiger partial charge in [0.15, 0.2) is 5.82 Å². The van der Waals surface area contributed by atoms with Crippen LogP contribution in [0, 0.1) is 6.92 Å². The Balaban J connectivity index is 1.97. The summed E-state index contributed by atoms with van der Waals surface area (Å²) in [5.41, 5.74) is 8.13. The van der Waals surface area contributed by atoms with Crippen molar-refractivity contribution < 1.29 is 14.2 Å². The van der Waals surface area contributed by atoms with Crippen LogP contribution in [0.1, 0.15) is 12.0 Å². The van der Waals surface area contributed by atoms with Crippen LogP contribution < -0.4 is 20.1 Å². The van der Waals surface area contributed by atoms with Crippen molar-refractivity contribution in [3.63, 3.8) is 0 Å². The van der Waals surface area contributed by atoms with Crippen LogP contribution in [0.2, 0.25) is 5.02 Å². The Morgan fingerprint density at radius 1 is 1.13 bits per heavy atom. The van der Waals surface area contributed by atoms with Gasteiger partial charge in [0.2, 0.25) is 0 Å². The average Bonchev–Trinajstić information content (AvgIpc) is 3.23. The number of fused-ring (bicyclic) bond motifs is 1. The molecule has 0 radical (unpaired) electrons. The smallest absolute Gasteiger partial charge is 0.164 e. The van der Waals surface area contributed by atoms with E-state index in [1.54, 1.807) is 39.7 Å². The summed E-state index contributed by atoms with van der Waals surface area (Å²) in [7, 11) is 4.90. The normalized spacial score (nSPS) is 16.3. The second kappa shape index (κ2) is 8.12. The van der Waals surface area contributed by atoms with E-state index in [2.05, 4.69) is 9.88 Å². The van der Waals surface area contributed by atoms with Gasteiger partial charge in [-0.3, -0.25) is 0 Å². The van der Waals surface area contributed by atoms with Gasteiger partial charge in [0.25, 0.3) is 0 Å². The van der Waals surface area contributed by atoms with Gasteiger partial charge >= 0.3 is 0 Å². The maximum absolute atomic E-state index is 6.68. The highest BCUT2D eigenvalue weighted by atomic mass is 35.5. The van der Waals surface area contributed by atoms with Crippen molar-refractivity contribution in [1.82, 2.24) is 15.0 Å². The molecule has 3 heterocycles. The lowest BCUT2D eigenvalue weighted by molar-refractivity contribution is 0.121. The molecule has 1 fully saturated rings. The molecule has 1 aliphatic heterocycles. The van der Waals surface area contributed by atoms with Crippen molar-refractivity contribution in [1.29, 1.82) is 0 Å². The molecule has 9 heteroatoms. The zero-order chi connectivity index (χ0) is 21.4. The van der Waals surface area contributed by atoms with Gasteiger partial charge in [-0.25, -0.2) is 15.0 Å². The fourth-order valence-electron chi connectivity index (χ4n) is 3.83. The van der Waals surface area contributed by atoms with Gasteiger partial charge in [-0.05, 0) is 19.4 Å². The van der Waals surface area contributed by atoms with E-state index in [0.717, 1.165) is 36.3 Å². The third kappa shape index (κ3) is 3.46. The number of pyridine rings is 1. The van der Waals surface area contributed by atoms with E-state index in [9.17, 15) is 0 Å². The first-order valence-corrected chi connectivity index (χ1v) is 9.97. The quantitative estimate of drug-likeness (QED) is 0.658. The predicted octanol–water partition coefficient (Wildman–Crippen LogP) is 3.48. The van der Waals surface area contributed by atoms with Crippen LogP contribution in [-0.2, 0) is 4.74 Å². The minimum absolute atomic E-state index is 0.153. The van der Waals surface area contributed by atoms with E-state index in [-0.39, 0.29) is 6.10 Å². The molecule has 8 nitrogen and oxygen atoms in total. The maximum Gasteiger partial charge on any atom is 0.164 e. The number of anilines is 2. The number of halogens is 1. The predicted molar refractivity (Wildman–Crippen MR) is 118 cm³/mol. The Morgan fingerprint density at radius 2 is 1.90 bits per heavy atom. The summed E-state index contributed by atoms with van der Waals surface area (Å²) in [5.74, 6) is 2.81. The van der Waals surface area contributed by atoms with E-state index >= 15 is 0 Å². The Labute approximate surface area is 179 Å². The van der Waals surface area contributed by atoms with E-state index < -0.39 is 0 Å². The number of aromatic nitrogens is 3. The monoisotopic (exact) mass is 429 g/mol. The summed E-state index contributed by atoms with van der Waals surface area (Å²) < 4.78 is 16.5. The van der Waals surface area contributed by atoms with Gasteiger partial charge in [0.05, 0.1) is 37.1 Å². The molecule has 0 bridgehead atoms. The molecule has 0 aliphatic carbocycles. The lowest BCUT2D eigenvalue weighted by Crippen LogP contribution is -2.24. The molecule has 0 spiro atoms. The summed E-state index contributed by atoms with van der Waals surface area (Å²) in [6.07, 6.45) is 2.73. The number of hydrogen-bond acceptors (Lipinski definition) is 8. The number of ether oxygens (including phenoxy) is 3. The van der Waals surface area contributed by atoms with Crippen molar-refractivity contribution in [3.05, 3.63) is 28.9 Å². The lowest BCUT2D eigenvalue weighted by atomic mass is 10.1. The molecule has 4 rings (SSSR count). The van der Waals surface area contributed by atoms with E-state index in [1.807, 2.05) is 6.92 Å². The van der Waals surface area contributed by atoms with Crippen LogP contribution in [0.25, 0.3) is 22.3 Å². The molecule has 3 aromatic rings. The molecule has 2 aromatic heterocycles. The summed E-state index contributed by atoms with van der Waals surface area (Å²) in [5, 5.41) is 1.27. The number of nitrogens with zero attached hydrogens (tertiary/aromatic N) is 4. The van der Waals surface area contributed by atoms with Crippen LogP contribution in [-0.4, -0.2) is 55.5 Å². The zero-order valence-electron chi connectivity index (χ0n) is 17.4. The maximum atomic E-state index is 6.68. The van der Waals surface area contributed by atoms with Crippen molar-refractivity contribution in [3.8, 4) is 22.9 Å². The van der Waals surface area contributed by atoms with Gasteiger partial charge in [0.1, 0.15) is 23.1 Å².